The maximum atomic E-state index is 13.7. The summed E-state index contributed by atoms with van der Waals surface area (Å²) >= 11 is 6.33. The van der Waals surface area contributed by atoms with Gasteiger partial charge in [0.2, 0.25) is 21.8 Å². The summed E-state index contributed by atoms with van der Waals surface area (Å²) in [7, 11) is -3.83. The van der Waals surface area contributed by atoms with E-state index >= 15 is 0 Å². The first-order valence-corrected chi connectivity index (χ1v) is 14.4. The van der Waals surface area contributed by atoms with Gasteiger partial charge >= 0.3 is 0 Å². The summed E-state index contributed by atoms with van der Waals surface area (Å²) in [4.78, 5) is 27.9. The van der Waals surface area contributed by atoms with Gasteiger partial charge in [0.05, 0.1) is 11.9 Å². The molecule has 2 aromatic rings. The molecule has 1 N–H and O–H groups in total. The number of nitrogens with one attached hydrogen (secondary N) is 1. The van der Waals surface area contributed by atoms with E-state index in [0.717, 1.165) is 35.2 Å². The van der Waals surface area contributed by atoms with Crippen LogP contribution in [0.25, 0.3) is 0 Å². The average Bonchev–Trinajstić information content (AvgIpc) is 2.83. The van der Waals surface area contributed by atoms with Crippen LogP contribution in [0.1, 0.15) is 52.0 Å². The van der Waals surface area contributed by atoms with Gasteiger partial charge in [-0.2, -0.15) is 0 Å². The third-order valence-electron chi connectivity index (χ3n) is 6.03. The van der Waals surface area contributed by atoms with Crippen LogP contribution in [0, 0.1) is 11.6 Å². The van der Waals surface area contributed by atoms with Crippen molar-refractivity contribution < 1.29 is 26.8 Å². The molecule has 2 rings (SSSR count). The Morgan fingerprint density at radius 1 is 1.05 bits per heavy atom. The number of carbonyl (C=O) groups excluding carboxylic acids is 2. The van der Waals surface area contributed by atoms with Gasteiger partial charge in [0.25, 0.3) is 0 Å². The molecule has 0 saturated heterocycles. The van der Waals surface area contributed by atoms with Crippen LogP contribution >= 0.6 is 11.6 Å². The van der Waals surface area contributed by atoms with Crippen molar-refractivity contribution in [1.82, 2.24) is 10.2 Å². The molecule has 11 heteroatoms. The number of hydrogen-bond donors (Lipinski definition) is 1. The fraction of sp³-hybridized carbons (Fsp3) is 0.462. The maximum absolute atomic E-state index is 13.7. The van der Waals surface area contributed by atoms with Gasteiger partial charge in [-0.05, 0) is 49.9 Å². The van der Waals surface area contributed by atoms with E-state index in [2.05, 4.69) is 5.32 Å². The van der Waals surface area contributed by atoms with Crippen LogP contribution in [0.5, 0.6) is 0 Å². The molecule has 0 saturated carbocycles. The number of amides is 2. The summed E-state index contributed by atoms with van der Waals surface area (Å²) in [6.07, 6.45) is 2.06. The molecular formula is C26H34ClF2N3O4S. The van der Waals surface area contributed by atoms with Crippen LogP contribution in [0.15, 0.2) is 42.5 Å². The number of benzene rings is 2. The lowest BCUT2D eigenvalue weighted by Gasteiger charge is -2.32. The fourth-order valence-corrected chi connectivity index (χ4v) is 4.97. The predicted molar refractivity (Wildman–Crippen MR) is 142 cm³/mol. The monoisotopic (exact) mass is 557 g/mol. The molecule has 0 aliphatic heterocycles. The molecule has 204 valence electrons. The van der Waals surface area contributed by atoms with Crippen molar-refractivity contribution in [3.63, 3.8) is 0 Å². The smallest absolute Gasteiger partial charge is 0.243 e. The number of rotatable bonds is 13. The molecular weight excluding hydrogens is 524 g/mol. The number of hydrogen-bond acceptors (Lipinski definition) is 4. The summed E-state index contributed by atoms with van der Waals surface area (Å²) in [5.74, 6) is -2.91. The molecule has 0 radical (unpaired) electrons. The summed E-state index contributed by atoms with van der Waals surface area (Å²) in [6.45, 7) is 5.60. The molecule has 0 bridgehead atoms. The SMILES string of the molecule is CC[C@H](C(=O)N[C@@H](C)CC)N(Cc1ccccc1Cl)C(=O)CCCN(c1ccc(F)c(F)c1)S(C)(=O)=O. The molecule has 2 aromatic carbocycles. The summed E-state index contributed by atoms with van der Waals surface area (Å²) in [5.41, 5.74) is 0.632. The lowest BCUT2D eigenvalue weighted by molar-refractivity contribution is -0.141. The molecule has 0 unspecified atom stereocenters. The van der Waals surface area contributed by atoms with Gasteiger partial charge in [-0.25, -0.2) is 17.2 Å². The Kier molecular flexibility index (Phi) is 11.3. The topological polar surface area (TPSA) is 86.8 Å². The van der Waals surface area contributed by atoms with Crippen LogP contribution in [-0.4, -0.2) is 50.0 Å². The first kappa shape index (κ1) is 30.5. The number of halogens is 3. The summed E-state index contributed by atoms with van der Waals surface area (Å²) in [6, 6.07) is 9.02. The van der Waals surface area contributed by atoms with E-state index in [9.17, 15) is 26.8 Å². The molecule has 0 spiro atoms. The van der Waals surface area contributed by atoms with Crippen molar-refractivity contribution >= 4 is 39.1 Å². The second-order valence-electron chi connectivity index (χ2n) is 8.89. The van der Waals surface area contributed by atoms with Gasteiger partial charge in [0.15, 0.2) is 11.6 Å². The number of sulfonamides is 1. The molecule has 7 nitrogen and oxygen atoms in total. The lowest BCUT2D eigenvalue weighted by Crippen LogP contribution is -2.50. The molecule has 2 amide bonds. The summed E-state index contributed by atoms with van der Waals surface area (Å²) in [5, 5.41) is 3.38. The summed E-state index contributed by atoms with van der Waals surface area (Å²) < 4.78 is 52.7. The third kappa shape index (κ3) is 8.67. The number of nitrogens with zero attached hydrogens (tertiary/aromatic N) is 2. The zero-order valence-electron chi connectivity index (χ0n) is 21.5. The average molecular weight is 558 g/mol. The highest BCUT2D eigenvalue weighted by Gasteiger charge is 2.30. The molecule has 0 aliphatic carbocycles. The van der Waals surface area contributed by atoms with E-state index < -0.39 is 27.7 Å². The Labute approximate surface area is 222 Å². The lowest BCUT2D eigenvalue weighted by atomic mass is 10.1. The van der Waals surface area contributed by atoms with Gasteiger partial charge in [0.1, 0.15) is 6.04 Å². The normalized spacial score (nSPS) is 13.1. The van der Waals surface area contributed by atoms with E-state index in [0.29, 0.717) is 17.0 Å². The first-order chi connectivity index (χ1) is 17.4. The van der Waals surface area contributed by atoms with Gasteiger partial charge < -0.3 is 10.2 Å². The quantitative estimate of drug-likeness (QED) is 0.380. The van der Waals surface area contributed by atoms with E-state index in [1.165, 1.54) is 4.90 Å². The van der Waals surface area contributed by atoms with Crippen molar-refractivity contribution in [2.45, 2.75) is 65.1 Å². The highest BCUT2D eigenvalue weighted by atomic mass is 35.5. The van der Waals surface area contributed by atoms with E-state index in [4.69, 9.17) is 11.6 Å². The van der Waals surface area contributed by atoms with E-state index in [1.807, 2.05) is 20.8 Å². The Bertz CT molecular complexity index is 1200. The minimum Gasteiger partial charge on any atom is -0.352 e. The highest BCUT2D eigenvalue weighted by molar-refractivity contribution is 7.92. The zero-order valence-corrected chi connectivity index (χ0v) is 23.1. The minimum atomic E-state index is -3.83. The van der Waals surface area contributed by atoms with Gasteiger partial charge in [0, 0.05) is 36.6 Å². The second-order valence-corrected chi connectivity index (χ2v) is 11.2. The predicted octanol–water partition coefficient (Wildman–Crippen LogP) is 4.89. The van der Waals surface area contributed by atoms with Crippen LogP contribution in [-0.2, 0) is 26.2 Å². The van der Waals surface area contributed by atoms with Gasteiger partial charge in [-0.1, -0.05) is 43.6 Å². The fourth-order valence-electron chi connectivity index (χ4n) is 3.81. The first-order valence-electron chi connectivity index (χ1n) is 12.1. The number of anilines is 1. The van der Waals surface area contributed by atoms with E-state index in [1.54, 1.807) is 24.3 Å². The van der Waals surface area contributed by atoms with Gasteiger partial charge in [-0.15, -0.1) is 0 Å². The van der Waals surface area contributed by atoms with Crippen molar-refractivity contribution in [1.29, 1.82) is 0 Å². The third-order valence-corrected chi connectivity index (χ3v) is 7.59. The van der Waals surface area contributed by atoms with Crippen molar-refractivity contribution in [3.05, 3.63) is 64.7 Å². The molecule has 37 heavy (non-hydrogen) atoms. The van der Waals surface area contributed by atoms with E-state index in [-0.39, 0.29) is 49.5 Å². The molecule has 0 heterocycles. The van der Waals surface area contributed by atoms with Crippen LogP contribution in [0.3, 0.4) is 0 Å². The van der Waals surface area contributed by atoms with Crippen molar-refractivity contribution in [3.8, 4) is 0 Å². The van der Waals surface area contributed by atoms with Crippen LogP contribution < -0.4 is 9.62 Å². The van der Waals surface area contributed by atoms with Crippen molar-refractivity contribution in [2.24, 2.45) is 0 Å². The molecule has 0 aliphatic rings. The minimum absolute atomic E-state index is 0.0406. The standard InChI is InChI=1S/C26H34ClF2N3O4S/c1-5-18(3)30-26(34)24(6-2)31(17-19-10-7-8-11-21(19)27)25(33)12-9-15-32(37(4,35)36)20-13-14-22(28)23(29)16-20/h7-8,10-11,13-14,16,18,24H,5-6,9,12,15,17H2,1-4H3,(H,30,34)/t18-,24+/m0/s1. The Morgan fingerprint density at radius 3 is 2.30 bits per heavy atom. The molecule has 0 aromatic heterocycles. The van der Waals surface area contributed by atoms with Crippen molar-refractivity contribution in [2.75, 3.05) is 17.1 Å². The zero-order chi connectivity index (χ0) is 27.8. The Morgan fingerprint density at radius 2 is 1.73 bits per heavy atom. The largest absolute Gasteiger partial charge is 0.352 e. The Hall–Kier alpha value is -2.72. The molecule has 0 fully saturated rings. The molecule has 2 atom stereocenters. The second kappa shape index (κ2) is 13.7. The van der Waals surface area contributed by atoms with Crippen LogP contribution in [0.2, 0.25) is 5.02 Å². The van der Waals surface area contributed by atoms with Crippen LogP contribution in [0.4, 0.5) is 14.5 Å². The maximum Gasteiger partial charge on any atom is 0.243 e. The highest BCUT2D eigenvalue weighted by Crippen LogP contribution is 2.23. The number of carbonyl (C=O) groups is 2. The van der Waals surface area contributed by atoms with Gasteiger partial charge in [-0.3, -0.25) is 13.9 Å². The Balaban J connectivity index is 2.25.